The number of nitrogens with zero attached hydrogens (tertiary/aromatic N) is 1. The Hall–Kier alpha value is -0.840. The van der Waals surface area contributed by atoms with Crippen LogP contribution in [0.15, 0.2) is 24.8 Å². The topological polar surface area (TPSA) is 46.3 Å². The summed E-state index contributed by atoms with van der Waals surface area (Å²) in [4.78, 5) is 15.4. The fourth-order valence-electron chi connectivity index (χ4n) is 2.20. The van der Waals surface area contributed by atoms with Crippen LogP contribution in [0.4, 0.5) is 0 Å². The molecule has 1 fully saturated rings. The Morgan fingerprint density at radius 1 is 1.68 bits per heavy atom. The van der Waals surface area contributed by atoms with Crippen LogP contribution in [-0.4, -0.2) is 22.9 Å². The van der Waals surface area contributed by atoms with E-state index in [-0.39, 0.29) is 5.91 Å². The monoisotopic (exact) mass is 298 g/mol. The lowest BCUT2D eigenvalue weighted by Crippen LogP contribution is -2.54. The van der Waals surface area contributed by atoms with Gasteiger partial charge in [0.25, 0.3) is 0 Å². The van der Waals surface area contributed by atoms with Crippen LogP contribution in [0, 0.1) is 5.92 Å². The van der Waals surface area contributed by atoms with Gasteiger partial charge in [0.05, 0.1) is 16.4 Å². The predicted octanol–water partition coefficient (Wildman–Crippen LogP) is 3.04. The van der Waals surface area contributed by atoms with Gasteiger partial charge in [-0.05, 0) is 37.8 Å². The van der Waals surface area contributed by atoms with E-state index in [0.29, 0.717) is 19.0 Å². The molecule has 104 valence electrons. The standard InChI is InChI=1S/C14H19ClN2OS/c1-3-8-17(9-11-6-7-12(15)19-11)13(18)14(2,16)10-4-5-10/h3,6-7,10H,1,4-5,8-9,16H2,2H3. The fourth-order valence-corrected chi connectivity index (χ4v) is 3.30. The Balaban J connectivity index is 2.10. The third-order valence-electron chi connectivity index (χ3n) is 3.50. The van der Waals surface area contributed by atoms with Crippen LogP contribution in [0.3, 0.4) is 0 Å². The molecular formula is C14H19ClN2OS. The molecule has 3 nitrogen and oxygen atoms in total. The molecule has 1 aliphatic carbocycles. The number of thiophene rings is 1. The number of nitrogens with two attached hydrogens (primary N) is 1. The van der Waals surface area contributed by atoms with Crippen LogP contribution >= 0.6 is 22.9 Å². The van der Waals surface area contributed by atoms with E-state index >= 15 is 0 Å². The number of carbonyl (C=O) groups excluding carboxylic acids is 1. The van der Waals surface area contributed by atoms with Crippen LogP contribution < -0.4 is 5.73 Å². The zero-order chi connectivity index (χ0) is 14.0. The highest BCUT2D eigenvalue weighted by Crippen LogP contribution is 2.39. The third-order valence-corrected chi connectivity index (χ3v) is 4.71. The maximum atomic E-state index is 12.6. The van der Waals surface area contributed by atoms with Crippen molar-refractivity contribution in [1.29, 1.82) is 0 Å². The number of amides is 1. The van der Waals surface area contributed by atoms with E-state index in [1.54, 1.807) is 11.0 Å². The van der Waals surface area contributed by atoms with Gasteiger partial charge in [0.2, 0.25) is 5.91 Å². The van der Waals surface area contributed by atoms with Crippen LogP contribution in [0.1, 0.15) is 24.6 Å². The summed E-state index contributed by atoms with van der Waals surface area (Å²) in [5.74, 6) is 0.318. The first kappa shape index (κ1) is 14.6. The molecule has 1 amide bonds. The van der Waals surface area contributed by atoms with Crippen molar-refractivity contribution in [2.75, 3.05) is 6.54 Å². The lowest BCUT2D eigenvalue weighted by Gasteiger charge is -2.31. The van der Waals surface area contributed by atoms with Crippen molar-refractivity contribution < 1.29 is 4.79 Å². The predicted molar refractivity (Wildman–Crippen MR) is 80.3 cm³/mol. The lowest BCUT2D eigenvalue weighted by atomic mass is 9.95. The van der Waals surface area contributed by atoms with Crippen LogP contribution in [-0.2, 0) is 11.3 Å². The van der Waals surface area contributed by atoms with Crippen LogP contribution in [0.2, 0.25) is 4.34 Å². The normalized spacial score (nSPS) is 17.8. The largest absolute Gasteiger partial charge is 0.332 e. The molecule has 2 N–H and O–H groups in total. The molecule has 1 aromatic rings. The van der Waals surface area contributed by atoms with E-state index in [2.05, 4.69) is 6.58 Å². The van der Waals surface area contributed by atoms with Crippen LogP contribution in [0.25, 0.3) is 0 Å². The van der Waals surface area contributed by atoms with Gasteiger partial charge < -0.3 is 10.6 Å². The maximum absolute atomic E-state index is 12.6. The molecule has 1 heterocycles. The molecule has 0 radical (unpaired) electrons. The summed E-state index contributed by atoms with van der Waals surface area (Å²) in [7, 11) is 0. The molecule has 2 rings (SSSR count). The number of rotatable bonds is 6. The van der Waals surface area contributed by atoms with Gasteiger partial charge in [0.1, 0.15) is 0 Å². The number of carbonyl (C=O) groups is 1. The Morgan fingerprint density at radius 2 is 2.37 bits per heavy atom. The molecular weight excluding hydrogens is 280 g/mol. The molecule has 1 unspecified atom stereocenters. The van der Waals surface area contributed by atoms with E-state index in [0.717, 1.165) is 22.1 Å². The van der Waals surface area contributed by atoms with Gasteiger partial charge in [-0.1, -0.05) is 17.7 Å². The Bertz CT molecular complexity index is 480. The van der Waals surface area contributed by atoms with Crippen molar-refractivity contribution in [2.24, 2.45) is 11.7 Å². The molecule has 1 aliphatic rings. The van der Waals surface area contributed by atoms with Crippen LogP contribution in [0.5, 0.6) is 0 Å². The second-order valence-electron chi connectivity index (χ2n) is 5.24. The summed E-state index contributed by atoms with van der Waals surface area (Å²) in [5, 5.41) is 0. The SMILES string of the molecule is C=CCN(Cc1ccc(Cl)s1)C(=O)C(C)(N)C1CC1. The second kappa shape index (κ2) is 5.65. The summed E-state index contributed by atoms with van der Waals surface area (Å²) in [5.41, 5.74) is 5.45. The van der Waals surface area contributed by atoms with Gasteiger partial charge in [-0.3, -0.25) is 4.79 Å². The molecule has 5 heteroatoms. The first-order valence-electron chi connectivity index (χ1n) is 6.38. The van der Waals surface area contributed by atoms with E-state index < -0.39 is 5.54 Å². The zero-order valence-corrected chi connectivity index (χ0v) is 12.6. The average molecular weight is 299 g/mol. The molecule has 0 aliphatic heterocycles. The molecule has 1 aromatic heterocycles. The molecule has 0 spiro atoms. The summed E-state index contributed by atoms with van der Waals surface area (Å²) in [6, 6.07) is 3.79. The van der Waals surface area contributed by atoms with Crippen molar-refractivity contribution in [2.45, 2.75) is 31.8 Å². The van der Waals surface area contributed by atoms with Crippen molar-refractivity contribution in [1.82, 2.24) is 4.90 Å². The Kier molecular flexibility index (Phi) is 4.33. The third kappa shape index (κ3) is 3.38. The van der Waals surface area contributed by atoms with Gasteiger partial charge in [-0.15, -0.1) is 17.9 Å². The molecule has 19 heavy (non-hydrogen) atoms. The van der Waals surface area contributed by atoms with Gasteiger partial charge in [-0.2, -0.15) is 0 Å². The van der Waals surface area contributed by atoms with E-state index in [9.17, 15) is 4.79 Å². The summed E-state index contributed by atoms with van der Waals surface area (Å²) in [6.07, 6.45) is 3.83. The van der Waals surface area contributed by atoms with E-state index in [1.165, 1.54) is 11.3 Å². The quantitative estimate of drug-likeness (QED) is 0.821. The van der Waals surface area contributed by atoms with Gasteiger partial charge in [-0.25, -0.2) is 0 Å². The molecule has 0 saturated heterocycles. The summed E-state index contributed by atoms with van der Waals surface area (Å²) in [6.45, 7) is 6.60. The van der Waals surface area contributed by atoms with Crippen molar-refractivity contribution in [3.63, 3.8) is 0 Å². The summed E-state index contributed by atoms with van der Waals surface area (Å²) < 4.78 is 0.735. The van der Waals surface area contributed by atoms with Gasteiger partial charge in [0.15, 0.2) is 0 Å². The van der Waals surface area contributed by atoms with E-state index in [4.69, 9.17) is 17.3 Å². The number of halogens is 1. The highest BCUT2D eigenvalue weighted by molar-refractivity contribution is 7.16. The first-order chi connectivity index (χ1) is 8.95. The second-order valence-corrected chi connectivity index (χ2v) is 7.04. The highest BCUT2D eigenvalue weighted by Gasteiger charge is 2.45. The van der Waals surface area contributed by atoms with Gasteiger partial charge in [0, 0.05) is 11.4 Å². The molecule has 0 aromatic carbocycles. The van der Waals surface area contributed by atoms with Crippen molar-refractivity contribution in [3.8, 4) is 0 Å². The lowest BCUT2D eigenvalue weighted by molar-refractivity contribution is -0.137. The minimum atomic E-state index is -0.760. The maximum Gasteiger partial charge on any atom is 0.243 e. The fraction of sp³-hybridized carbons (Fsp3) is 0.500. The zero-order valence-electron chi connectivity index (χ0n) is 11.1. The highest BCUT2D eigenvalue weighted by atomic mass is 35.5. The number of hydrogen-bond donors (Lipinski definition) is 1. The summed E-state index contributed by atoms with van der Waals surface area (Å²) >= 11 is 7.41. The van der Waals surface area contributed by atoms with Gasteiger partial charge >= 0.3 is 0 Å². The minimum absolute atomic E-state index is 0.000535. The molecule has 1 saturated carbocycles. The first-order valence-corrected chi connectivity index (χ1v) is 7.58. The smallest absolute Gasteiger partial charge is 0.243 e. The minimum Gasteiger partial charge on any atom is -0.332 e. The molecule has 1 atom stereocenters. The average Bonchev–Trinajstić information content (AvgIpc) is 3.13. The Morgan fingerprint density at radius 3 is 2.84 bits per heavy atom. The molecule has 0 bridgehead atoms. The van der Waals surface area contributed by atoms with Crippen molar-refractivity contribution >= 4 is 28.8 Å². The van der Waals surface area contributed by atoms with Crippen molar-refractivity contribution in [3.05, 3.63) is 34.0 Å². The van der Waals surface area contributed by atoms with E-state index in [1.807, 2.05) is 19.1 Å². The number of hydrogen-bond acceptors (Lipinski definition) is 3. The Labute approximate surface area is 123 Å².